The molecule has 0 aliphatic rings. The maximum atomic E-state index is 2.46. The monoisotopic (exact) mass is 712 g/mol. The lowest BCUT2D eigenvalue weighted by Gasteiger charge is -2.15. The molecular weight excluding hydrogens is 677 g/mol. The number of para-hydroxylation sites is 3. The quantitative estimate of drug-likeness (QED) is 0.172. The summed E-state index contributed by atoms with van der Waals surface area (Å²) < 4.78 is 4.84. The van der Waals surface area contributed by atoms with Gasteiger partial charge in [0.2, 0.25) is 0 Å². The zero-order valence-electron chi connectivity index (χ0n) is 30.7. The van der Waals surface area contributed by atoms with Crippen molar-refractivity contribution in [3.05, 3.63) is 218 Å². The molecule has 0 aliphatic heterocycles. The van der Waals surface area contributed by atoms with Crippen LogP contribution in [0.1, 0.15) is 0 Å². The molecule has 0 spiro atoms. The van der Waals surface area contributed by atoms with Gasteiger partial charge in [0.15, 0.2) is 0 Å². The zero-order valence-corrected chi connectivity index (χ0v) is 30.7. The highest BCUT2D eigenvalue weighted by Gasteiger charge is 2.15. The molecule has 0 unspecified atom stereocenters. The summed E-state index contributed by atoms with van der Waals surface area (Å²) in [4.78, 5) is 0. The van der Waals surface area contributed by atoms with Crippen LogP contribution < -0.4 is 0 Å². The fourth-order valence-corrected chi connectivity index (χ4v) is 8.78. The van der Waals surface area contributed by atoms with Crippen molar-refractivity contribution in [2.24, 2.45) is 0 Å². The molecule has 262 valence electrons. The molecule has 2 nitrogen and oxygen atoms in total. The number of hydrogen-bond donors (Lipinski definition) is 0. The van der Waals surface area contributed by atoms with E-state index < -0.39 is 0 Å². The van der Waals surface area contributed by atoms with E-state index in [9.17, 15) is 0 Å². The highest BCUT2D eigenvalue weighted by molar-refractivity contribution is 6.20. The first-order chi connectivity index (χ1) is 27.8. The Bertz CT molecular complexity index is 3330. The number of hydrogen-bond acceptors (Lipinski definition) is 0. The van der Waals surface area contributed by atoms with Gasteiger partial charge in [-0.1, -0.05) is 158 Å². The Morgan fingerprint density at radius 2 is 0.518 bits per heavy atom. The molecule has 0 bridgehead atoms. The third-order valence-electron chi connectivity index (χ3n) is 11.4. The Balaban J connectivity index is 1.24. The first-order valence-electron chi connectivity index (χ1n) is 19.3. The van der Waals surface area contributed by atoms with Gasteiger partial charge >= 0.3 is 0 Å². The second-order valence-electron chi connectivity index (χ2n) is 14.5. The van der Waals surface area contributed by atoms with Gasteiger partial charge in [0.25, 0.3) is 0 Å². The number of aromatic nitrogens is 2. The van der Waals surface area contributed by atoms with E-state index in [2.05, 4.69) is 228 Å². The summed E-state index contributed by atoms with van der Waals surface area (Å²) in [6, 6.07) is 79.7. The molecule has 0 amide bonds. The van der Waals surface area contributed by atoms with Crippen molar-refractivity contribution >= 4 is 65.2 Å². The van der Waals surface area contributed by atoms with E-state index in [1.807, 2.05) is 0 Å². The fraction of sp³-hybridized carbons (Fsp3) is 0. The van der Waals surface area contributed by atoms with Gasteiger partial charge in [0.1, 0.15) is 0 Å². The Morgan fingerprint density at radius 1 is 0.196 bits per heavy atom. The summed E-state index contributed by atoms with van der Waals surface area (Å²) in [5, 5.41) is 9.74. The summed E-state index contributed by atoms with van der Waals surface area (Å²) >= 11 is 0. The van der Waals surface area contributed by atoms with Crippen LogP contribution in [0, 0.1) is 0 Å². The van der Waals surface area contributed by atoms with Crippen LogP contribution in [0.4, 0.5) is 0 Å². The van der Waals surface area contributed by atoms with Gasteiger partial charge in [-0.2, -0.15) is 0 Å². The Labute approximate surface area is 325 Å². The maximum Gasteiger partial charge on any atom is 0.0541 e. The molecule has 11 aromatic rings. The minimum atomic E-state index is 1.11. The van der Waals surface area contributed by atoms with Crippen molar-refractivity contribution in [1.29, 1.82) is 0 Å². The maximum absolute atomic E-state index is 2.46. The average molecular weight is 713 g/mol. The smallest absolute Gasteiger partial charge is 0.0541 e. The average Bonchev–Trinajstić information content (AvgIpc) is 3.62. The van der Waals surface area contributed by atoms with E-state index in [0.717, 1.165) is 22.4 Å². The Hall–Kier alpha value is -7.42. The second kappa shape index (κ2) is 13.2. The van der Waals surface area contributed by atoms with Crippen LogP contribution in [0.5, 0.6) is 0 Å². The first kappa shape index (κ1) is 32.0. The molecular formula is C54H36N2. The second-order valence-corrected chi connectivity index (χ2v) is 14.5. The van der Waals surface area contributed by atoms with Gasteiger partial charge in [0, 0.05) is 32.9 Å². The first-order valence-corrected chi connectivity index (χ1v) is 19.3. The van der Waals surface area contributed by atoms with Crippen LogP contribution in [-0.2, 0) is 0 Å². The Kier molecular flexibility index (Phi) is 7.53. The molecule has 0 atom stereocenters. The zero-order chi connectivity index (χ0) is 37.0. The predicted octanol–water partition coefficient (Wildman–Crippen LogP) is 14.6. The van der Waals surface area contributed by atoms with Gasteiger partial charge < -0.3 is 9.13 Å². The third kappa shape index (κ3) is 5.19. The van der Waals surface area contributed by atoms with Crippen LogP contribution in [0.25, 0.3) is 98.8 Å². The van der Waals surface area contributed by atoms with Crippen molar-refractivity contribution in [3.63, 3.8) is 0 Å². The van der Waals surface area contributed by atoms with E-state index in [1.165, 1.54) is 76.4 Å². The van der Waals surface area contributed by atoms with Crippen molar-refractivity contribution in [3.8, 4) is 33.6 Å². The van der Waals surface area contributed by atoms with Gasteiger partial charge in [0.05, 0.1) is 22.1 Å². The SMILES string of the molecule is c1ccc(-c2ccc(-n3c4ccccc4c4ccccc4c4ccccc4c4cc(-c5ccc6c(c5)c5ccccc5n6-c5ccccc5)ccc43)cc2)cc1. The number of nitrogens with zero attached hydrogens (tertiary/aromatic N) is 2. The van der Waals surface area contributed by atoms with Crippen molar-refractivity contribution in [1.82, 2.24) is 9.13 Å². The summed E-state index contributed by atoms with van der Waals surface area (Å²) in [5.74, 6) is 0. The van der Waals surface area contributed by atoms with E-state index >= 15 is 0 Å². The fourth-order valence-electron chi connectivity index (χ4n) is 8.78. The summed E-state index contributed by atoms with van der Waals surface area (Å²) in [5.41, 5.74) is 11.7. The molecule has 2 heteroatoms. The van der Waals surface area contributed by atoms with Crippen LogP contribution in [0.2, 0.25) is 0 Å². The predicted molar refractivity (Wildman–Crippen MR) is 239 cm³/mol. The van der Waals surface area contributed by atoms with Gasteiger partial charge in [-0.05, 0) is 104 Å². The molecule has 0 saturated heterocycles. The normalized spacial score (nSPS) is 11.6. The largest absolute Gasteiger partial charge is 0.309 e. The molecule has 2 aromatic heterocycles. The number of benzene rings is 9. The number of rotatable bonds is 4. The third-order valence-corrected chi connectivity index (χ3v) is 11.4. The lowest BCUT2D eigenvalue weighted by Crippen LogP contribution is -1.98. The summed E-state index contributed by atoms with van der Waals surface area (Å²) in [6.07, 6.45) is 0. The van der Waals surface area contributed by atoms with Crippen LogP contribution in [-0.4, -0.2) is 9.13 Å². The van der Waals surface area contributed by atoms with Crippen LogP contribution in [0.3, 0.4) is 0 Å². The topological polar surface area (TPSA) is 9.86 Å². The molecule has 0 aliphatic carbocycles. The van der Waals surface area contributed by atoms with Crippen LogP contribution in [0.15, 0.2) is 218 Å². The minimum absolute atomic E-state index is 1.11. The molecule has 56 heavy (non-hydrogen) atoms. The van der Waals surface area contributed by atoms with Gasteiger partial charge in [-0.3, -0.25) is 0 Å². The van der Waals surface area contributed by atoms with Crippen LogP contribution >= 0.6 is 0 Å². The summed E-state index contributed by atoms with van der Waals surface area (Å²) in [7, 11) is 0. The molecule has 9 aromatic carbocycles. The summed E-state index contributed by atoms with van der Waals surface area (Å²) in [6.45, 7) is 0. The molecule has 11 rings (SSSR count). The standard InChI is InChI=1S/C54H36N2/c1-3-15-37(16-4-1)38-27-31-42(32-28-38)56-51-25-13-11-23-47(51)45-21-9-7-19-43(45)44-20-8-10-22-46(44)49-35-39(29-33-53(49)56)40-30-34-54-50(36-40)48-24-12-14-26-52(48)55(54)41-17-5-2-6-18-41/h1-36H. The van der Waals surface area contributed by atoms with Gasteiger partial charge in [-0.15, -0.1) is 0 Å². The molecule has 0 radical (unpaired) electrons. The van der Waals surface area contributed by atoms with Crippen molar-refractivity contribution in [2.45, 2.75) is 0 Å². The molecule has 0 saturated carbocycles. The number of fused-ring (bicyclic) bond motifs is 10. The lowest BCUT2D eigenvalue weighted by atomic mass is 9.98. The highest BCUT2D eigenvalue weighted by atomic mass is 15.0. The van der Waals surface area contributed by atoms with Crippen molar-refractivity contribution < 1.29 is 0 Å². The lowest BCUT2D eigenvalue weighted by molar-refractivity contribution is 1.17. The van der Waals surface area contributed by atoms with E-state index in [-0.39, 0.29) is 0 Å². The highest BCUT2D eigenvalue weighted by Crippen LogP contribution is 2.39. The van der Waals surface area contributed by atoms with E-state index in [0.29, 0.717) is 0 Å². The molecule has 2 heterocycles. The van der Waals surface area contributed by atoms with E-state index in [1.54, 1.807) is 0 Å². The molecule has 0 fully saturated rings. The van der Waals surface area contributed by atoms with Crippen molar-refractivity contribution in [2.75, 3.05) is 0 Å². The van der Waals surface area contributed by atoms with Gasteiger partial charge in [-0.25, -0.2) is 0 Å². The molecule has 0 N–H and O–H groups in total. The Morgan fingerprint density at radius 3 is 1.05 bits per heavy atom. The van der Waals surface area contributed by atoms with E-state index in [4.69, 9.17) is 0 Å². The minimum Gasteiger partial charge on any atom is -0.309 e.